The number of halogens is 4. The summed E-state index contributed by atoms with van der Waals surface area (Å²) >= 11 is 11.7. The van der Waals surface area contributed by atoms with E-state index < -0.39 is 0 Å². The number of pyridine rings is 2. The molecule has 0 saturated heterocycles. The van der Waals surface area contributed by atoms with Crippen molar-refractivity contribution in [2.24, 2.45) is 0 Å². The predicted octanol–water partition coefficient (Wildman–Crippen LogP) is 9.44. The van der Waals surface area contributed by atoms with Gasteiger partial charge in [0.25, 0.3) is 0 Å². The molecule has 0 atom stereocenters. The normalized spacial score (nSPS) is 10.9. The summed E-state index contributed by atoms with van der Waals surface area (Å²) in [6.45, 7) is 5.16. The standard InChI is InChI=1S/C21H18ClFN4O.C14H15FN2O.C7H5ClN2/c1-2-27-19(10-16(26-27)8-5-13-3-6-15(23)7-4-13)20(28)18-12-25-21-17(18)9-14(22)11-24-21;1-2-17-14(10-18)9-13(16-17)8-5-11-3-6-12(15)7-4-11;8-6-3-5-1-2-9-7(5)10-4-6/h3-4,6-7,9-12H,2,5,8H2,1H3,(H,24,25);3-4,6-7,9-10H,2,5,8H2,1H3;1-4H,(H,9,10). The highest BCUT2D eigenvalue weighted by atomic mass is 35.5. The van der Waals surface area contributed by atoms with E-state index in [1.165, 1.54) is 24.3 Å². The number of aromatic nitrogens is 8. The highest BCUT2D eigenvalue weighted by Crippen LogP contribution is 2.24. The van der Waals surface area contributed by atoms with Crippen LogP contribution in [0.1, 0.15) is 62.9 Å². The summed E-state index contributed by atoms with van der Waals surface area (Å²) < 4.78 is 29.2. The van der Waals surface area contributed by atoms with E-state index in [2.05, 4.69) is 30.1 Å². The fourth-order valence-corrected chi connectivity index (χ4v) is 6.36. The molecule has 6 heterocycles. The van der Waals surface area contributed by atoms with Crippen molar-refractivity contribution in [1.82, 2.24) is 39.5 Å². The maximum Gasteiger partial charge on any atom is 0.213 e. The van der Waals surface area contributed by atoms with Gasteiger partial charge < -0.3 is 9.97 Å². The van der Waals surface area contributed by atoms with Gasteiger partial charge in [0.05, 0.1) is 27.0 Å². The minimum atomic E-state index is -0.250. The number of ketones is 1. The van der Waals surface area contributed by atoms with E-state index in [1.807, 2.05) is 38.2 Å². The van der Waals surface area contributed by atoms with Crippen LogP contribution in [0.4, 0.5) is 8.78 Å². The first-order valence-corrected chi connectivity index (χ1v) is 18.7. The van der Waals surface area contributed by atoms with E-state index in [-0.39, 0.29) is 17.4 Å². The third-order valence-electron chi connectivity index (χ3n) is 8.92. The first-order chi connectivity index (χ1) is 27.1. The van der Waals surface area contributed by atoms with Crippen molar-refractivity contribution < 1.29 is 18.4 Å². The average molecular weight is 796 g/mol. The Hall–Kier alpha value is -5.98. The minimum absolute atomic E-state index is 0.127. The molecule has 6 aromatic heterocycles. The van der Waals surface area contributed by atoms with E-state index in [9.17, 15) is 18.4 Å². The second-order valence-electron chi connectivity index (χ2n) is 12.7. The van der Waals surface area contributed by atoms with Gasteiger partial charge in [-0.1, -0.05) is 47.5 Å². The zero-order valence-electron chi connectivity index (χ0n) is 30.6. The lowest BCUT2D eigenvalue weighted by atomic mass is 10.1. The van der Waals surface area contributed by atoms with Gasteiger partial charge in [0.1, 0.15) is 34.3 Å². The van der Waals surface area contributed by atoms with Gasteiger partial charge in [0.2, 0.25) is 5.78 Å². The molecule has 10 nitrogen and oxygen atoms in total. The second-order valence-corrected chi connectivity index (χ2v) is 13.6. The summed E-state index contributed by atoms with van der Waals surface area (Å²) in [5.41, 5.74) is 6.95. The van der Waals surface area contributed by atoms with Crippen molar-refractivity contribution in [1.29, 1.82) is 0 Å². The van der Waals surface area contributed by atoms with Crippen molar-refractivity contribution >= 4 is 57.3 Å². The Bertz CT molecular complexity index is 2560. The largest absolute Gasteiger partial charge is 0.346 e. The molecule has 56 heavy (non-hydrogen) atoms. The molecular weight excluding hydrogens is 757 g/mol. The Morgan fingerprint density at radius 1 is 0.714 bits per heavy atom. The number of aryl methyl sites for hydroxylation is 6. The Morgan fingerprint density at radius 3 is 1.88 bits per heavy atom. The molecule has 286 valence electrons. The first-order valence-electron chi connectivity index (χ1n) is 18.0. The summed E-state index contributed by atoms with van der Waals surface area (Å²) in [5, 5.41) is 11.8. The van der Waals surface area contributed by atoms with Gasteiger partial charge >= 0.3 is 0 Å². The van der Waals surface area contributed by atoms with E-state index >= 15 is 0 Å². The number of nitrogens with one attached hydrogen (secondary N) is 2. The molecular formula is C42H38Cl2F2N8O2. The summed E-state index contributed by atoms with van der Waals surface area (Å²) in [5.74, 6) is -0.602. The van der Waals surface area contributed by atoms with Gasteiger partial charge in [0.15, 0.2) is 6.29 Å². The molecule has 14 heteroatoms. The zero-order valence-corrected chi connectivity index (χ0v) is 32.2. The van der Waals surface area contributed by atoms with Crippen LogP contribution in [-0.4, -0.2) is 51.6 Å². The molecule has 2 aromatic carbocycles. The number of carbonyl (C=O) groups excluding carboxylic acids is 2. The predicted molar refractivity (Wildman–Crippen MR) is 214 cm³/mol. The highest BCUT2D eigenvalue weighted by molar-refractivity contribution is 6.31. The molecule has 0 aliphatic rings. The Balaban J connectivity index is 0.000000161. The van der Waals surface area contributed by atoms with Crippen LogP contribution in [0, 0.1) is 11.6 Å². The first kappa shape index (κ1) is 39.7. The molecule has 0 spiro atoms. The molecule has 0 radical (unpaired) electrons. The number of aldehydes is 1. The van der Waals surface area contributed by atoms with Gasteiger partial charge in [0, 0.05) is 48.6 Å². The molecule has 0 fully saturated rings. The number of H-pyrrole nitrogens is 2. The van der Waals surface area contributed by atoms with Crippen LogP contribution in [0.2, 0.25) is 10.0 Å². The van der Waals surface area contributed by atoms with Crippen molar-refractivity contribution in [3.8, 4) is 0 Å². The van der Waals surface area contributed by atoms with Gasteiger partial charge in [-0.05, 0) is 105 Å². The van der Waals surface area contributed by atoms with Crippen LogP contribution in [0.25, 0.3) is 22.1 Å². The van der Waals surface area contributed by atoms with Crippen LogP contribution in [-0.2, 0) is 38.8 Å². The fraction of sp³-hybridized carbons (Fsp3) is 0.190. The van der Waals surface area contributed by atoms with Crippen LogP contribution >= 0.6 is 23.2 Å². The number of aromatic amines is 2. The molecule has 2 N–H and O–H groups in total. The monoisotopic (exact) mass is 794 g/mol. The molecule has 8 rings (SSSR count). The maximum absolute atomic E-state index is 13.1. The van der Waals surface area contributed by atoms with Gasteiger partial charge in [-0.15, -0.1) is 0 Å². The van der Waals surface area contributed by atoms with Crippen molar-refractivity contribution in [3.63, 3.8) is 0 Å². The molecule has 0 aliphatic heterocycles. The van der Waals surface area contributed by atoms with Crippen LogP contribution in [0.5, 0.6) is 0 Å². The summed E-state index contributed by atoms with van der Waals surface area (Å²) in [6, 6.07) is 22.1. The lowest BCUT2D eigenvalue weighted by molar-refractivity contribution is 0.103. The molecule has 8 aromatic rings. The van der Waals surface area contributed by atoms with E-state index in [0.717, 1.165) is 59.1 Å². The summed E-state index contributed by atoms with van der Waals surface area (Å²) in [6.07, 6.45) is 10.4. The highest BCUT2D eigenvalue weighted by Gasteiger charge is 2.20. The SMILES string of the molecule is CCn1nc(CCc2ccc(F)cc2)cc1C(=O)c1c[nH]c2ncc(Cl)cc12.CCn1nc(CCc2ccc(F)cc2)cc1C=O.Clc1cnc2[nH]ccc2c1. The maximum atomic E-state index is 13.1. The Morgan fingerprint density at radius 2 is 1.29 bits per heavy atom. The fourth-order valence-electron chi connectivity index (χ4n) is 6.04. The number of benzene rings is 2. The number of hydrogen-bond donors (Lipinski definition) is 2. The molecule has 0 unspecified atom stereocenters. The van der Waals surface area contributed by atoms with E-state index in [1.54, 1.807) is 64.4 Å². The van der Waals surface area contributed by atoms with Crippen LogP contribution in [0.3, 0.4) is 0 Å². The molecule has 0 aliphatic carbocycles. The van der Waals surface area contributed by atoms with Gasteiger partial charge in [-0.3, -0.25) is 19.0 Å². The Labute approximate surface area is 331 Å². The zero-order chi connectivity index (χ0) is 39.6. The molecule has 0 amide bonds. The molecule has 0 saturated carbocycles. The number of rotatable bonds is 11. The second kappa shape index (κ2) is 18.6. The lowest BCUT2D eigenvalue weighted by Gasteiger charge is -2.02. The van der Waals surface area contributed by atoms with Crippen LogP contribution < -0.4 is 0 Å². The van der Waals surface area contributed by atoms with Crippen molar-refractivity contribution in [2.45, 2.75) is 52.6 Å². The van der Waals surface area contributed by atoms with E-state index in [0.29, 0.717) is 57.5 Å². The molecule has 0 bridgehead atoms. The Kier molecular flexibility index (Phi) is 13.2. The number of fused-ring (bicyclic) bond motifs is 2. The number of nitrogens with zero attached hydrogens (tertiary/aromatic N) is 6. The van der Waals surface area contributed by atoms with Gasteiger partial charge in [-0.25, -0.2) is 18.7 Å². The topological polar surface area (TPSA) is 127 Å². The van der Waals surface area contributed by atoms with Crippen molar-refractivity contribution in [2.75, 3.05) is 0 Å². The minimum Gasteiger partial charge on any atom is -0.346 e. The lowest BCUT2D eigenvalue weighted by Crippen LogP contribution is -2.10. The number of hydrogen-bond acceptors (Lipinski definition) is 6. The van der Waals surface area contributed by atoms with E-state index in [4.69, 9.17) is 23.2 Å². The van der Waals surface area contributed by atoms with Crippen molar-refractivity contribution in [3.05, 3.63) is 165 Å². The summed E-state index contributed by atoms with van der Waals surface area (Å²) in [7, 11) is 0. The van der Waals surface area contributed by atoms with Gasteiger partial charge in [-0.2, -0.15) is 10.2 Å². The quantitative estimate of drug-likeness (QED) is 0.0993. The smallest absolute Gasteiger partial charge is 0.213 e. The average Bonchev–Trinajstić information content (AvgIpc) is 4.03. The number of carbonyl (C=O) groups is 2. The summed E-state index contributed by atoms with van der Waals surface area (Å²) in [4.78, 5) is 38.2. The third-order valence-corrected chi connectivity index (χ3v) is 9.33. The van der Waals surface area contributed by atoms with Crippen LogP contribution in [0.15, 0.2) is 104 Å². The third kappa shape index (κ3) is 10.0.